The van der Waals surface area contributed by atoms with Crippen LogP contribution in [0.4, 0.5) is 8.78 Å². The van der Waals surface area contributed by atoms with Gasteiger partial charge in [0.05, 0.1) is 0 Å². The molecule has 3 atom stereocenters. The van der Waals surface area contributed by atoms with E-state index in [1.54, 1.807) is 0 Å². The zero-order valence-electron chi connectivity index (χ0n) is 13.1. The maximum atomic E-state index is 13.8. The summed E-state index contributed by atoms with van der Waals surface area (Å²) in [6.45, 7) is 2.96. The van der Waals surface area contributed by atoms with Gasteiger partial charge in [0, 0.05) is 31.1 Å². The predicted molar refractivity (Wildman–Crippen MR) is 82.9 cm³/mol. The minimum Gasteiger partial charge on any atom is -0.356 e. The molecule has 1 heterocycles. The van der Waals surface area contributed by atoms with Gasteiger partial charge in [0.15, 0.2) is 0 Å². The van der Waals surface area contributed by atoms with Crippen molar-refractivity contribution in [3.63, 3.8) is 0 Å². The first-order valence-corrected chi connectivity index (χ1v) is 8.58. The fourth-order valence-corrected chi connectivity index (χ4v) is 3.81. The molecule has 3 fully saturated rings. The molecule has 5 heteroatoms. The lowest BCUT2D eigenvalue weighted by atomic mass is 10.1. The molecule has 2 saturated carbocycles. The molecular weight excluding hydrogens is 298 g/mol. The van der Waals surface area contributed by atoms with Crippen molar-refractivity contribution in [2.45, 2.75) is 37.6 Å². The molecule has 4 rings (SSSR count). The van der Waals surface area contributed by atoms with Crippen LogP contribution >= 0.6 is 0 Å². The van der Waals surface area contributed by atoms with E-state index in [4.69, 9.17) is 0 Å². The topological polar surface area (TPSA) is 32.3 Å². The van der Waals surface area contributed by atoms with E-state index >= 15 is 0 Å². The van der Waals surface area contributed by atoms with Crippen LogP contribution in [0.2, 0.25) is 0 Å². The summed E-state index contributed by atoms with van der Waals surface area (Å²) >= 11 is 0. The molecule has 1 N–H and O–H groups in total. The second kappa shape index (κ2) is 5.86. The van der Waals surface area contributed by atoms with Gasteiger partial charge in [0.2, 0.25) is 5.91 Å². The Morgan fingerprint density at radius 3 is 2.83 bits per heavy atom. The highest BCUT2D eigenvalue weighted by Crippen LogP contribution is 2.48. The molecule has 3 nitrogen and oxygen atoms in total. The molecule has 0 bridgehead atoms. The van der Waals surface area contributed by atoms with Crippen molar-refractivity contribution in [3.05, 3.63) is 35.4 Å². The molecule has 1 amide bonds. The number of likely N-dealkylation sites (tertiary alicyclic amines) is 1. The Kier molecular flexibility index (Phi) is 3.84. The van der Waals surface area contributed by atoms with Crippen LogP contribution in [0.1, 0.15) is 37.2 Å². The second-order valence-corrected chi connectivity index (χ2v) is 7.24. The minimum absolute atomic E-state index is 0.0172. The Morgan fingerprint density at radius 1 is 1.26 bits per heavy atom. The van der Waals surface area contributed by atoms with Gasteiger partial charge in [-0.3, -0.25) is 4.79 Å². The van der Waals surface area contributed by atoms with Crippen LogP contribution in [0, 0.1) is 23.5 Å². The third kappa shape index (κ3) is 3.25. The SMILES string of the molecule is O=C(NC[C@@H]1CCN(C2CC2)C1)[C@@H]1C[C@@H]1c1ccc(F)cc1F. The van der Waals surface area contributed by atoms with Crippen molar-refractivity contribution in [1.82, 2.24) is 10.2 Å². The number of hydrogen-bond donors (Lipinski definition) is 1. The monoisotopic (exact) mass is 320 g/mol. The van der Waals surface area contributed by atoms with Gasteiger partial charge in [-0.25, -0.2) is 8.78 Å². The van der Waals surface area contributed by atoms with Gasteiger partial charge in [-0.2, -0.15) is 0 Å². The fraction of sp³-hybridized carbons (Fsp3) is 0.611. The molecule has 23 heavy (non-hydrogen) atoms. The molecule has 1 aliphatic heterocycles. The number of carbonyl (C=O) groups excluding carboxylic acids is 1. The number of halogens is 2. The van der Waals surface area contributed by atoms with Gasteiger partial charge in [0.25, 0.3) is 0 Å². The summed E-state index contributed by atoms with van der Waals surface area (Å²) in [5.74, 6) is -0.809. The Bertz CT molecular complexity index is 617. The molecule has 1 saturated heterocycles. The van der Waals surface area contributed by atoms with Crippen molar-refractivity contribution in [2.75, 3.05) is 19.6 Å². The lowest BCUT2D eigenvalue weighted by molar-refractivity contribution is -0.122. The van der Waals surface area contributed by atoms with Gasteiger partial charge in [-0.05, 0) is 55.7 Å². The molecule has 0 radical (unpaired) electrons. The first kappa shape index (κ1) is 15.1. The average Bonchev–Trinajstić information content (AvgIpc) is 3.44. The third-order valence-corrected chi connectivity index (χ3v) is 5.43. The van der Waals surface area contributed by atoms with Crippen LogP contribution in [-0.4, -0.2) is 36.5 Å². The number of nitrogens with zero attached hydrogens (tertiary/aromatic N) is 1. The predicted octanol–water partition coefficient (Wildman–Crippen LogP) is 2.67. The van der Waals surface area contributed by atoms with Gasteiger partial charge in [-0.15, -0.1) is 0 Å². The molecule has 0 unspecified atom stereocenters. The summed E-state index contributed by atoms with van der Waals surface area (Å²) in [5.41, 5.74) is 0.465. The largest absolute Gasteiger partial charge is 0.356 e. The Labute approximate surface area is 135 Å². The van der Waals surface area contributed by atoms with E-state index in [2.05, 4.69) is 10.2 Å². The smallest absolute Gasteiger partial charge is 0.223 e. The van der Waals surface area contributed by atoms with Crippen LogP contribution in [0.5, 0.6) is 0 Å². The van der Waals surface area contributed by atoms with Gasteiger partial charge >= 0.3 is 0 Å². The van der Waals surface area contributed by atoms with E-state index in [1.165, 1.54) is 25.0 Å². The molecule has 2 aliphatic carbocycles. The number of hydrogen-bond acceptors (Lipinski definition) is 2. The molecular formula is C18H22F2N2O. The quantitative estimate of drug-likeness (QED) is 0.905. The summed E-state index contributed by atoms with van der Waals surface area (Å²) in [5, 5.41) is 3.03. The number of rotatable bonds is 5. The fourth-order valence-electron chi connectivity index (χ4n) is 3.81. The van der Waals surface area contributed by atoms with Crippen molar-refractivity contribution in [1.29, 1.82) is 0 Å². The second-order valence-electron chi connectivity index (χ2n) is 7.24. The first-order chi connectivity index (χ1) is 11.1. The normalized spacial score (nSPS) is 30.4. The Morgan fingerprint density at radius 2 is 2.09 bits per heavy atom. The maximum Gasteiger partial charge on any atom is 0.223 e. The first-order valence-electron chi connectivity index (χ1n) is 8.58. The molecule has 3 aliphatic rings. The number of benzene rings is 1. The zero-order chi connectivity index (χ0) is 16.0. The van der Waals surface area contributed by atoms with Crippen LogP contribution in [0.3, 0.4) is 0 Å². The summed E-state index contributed by atoms with van der Waals surface area (Å²) in [4.78, 5) is 14.8. The average molecular weight is 320 g/mol. The van der Waals surface area contributed by atoms with Gasteiger partial charge in [0.1, 0.15) is 11.6 Å². The lowest BCUT2D eigenvalue weighted by Gasteiger charge is -2.15. The summed E-state index contributed by atoms with van der Waals surface area (Å²) in [7, 11) is 0. The third-order valence-electron chi connectivity index (χ3n) is 5.43. The standard InChI is InChI=1S/C18H22F2N2O/c19-12-1-4-14(17(20)7-12)15-8-16(15)18(23)21-9-11-5-6-22(10-11)13-2-3-13/h1,4,7,11,13,15-16H,2-3,5-6,8-10H2,(H,21,23)/t11-,15+,16+/m0/s1. The van der Waals surface area contributed by atoms with E-state index < -0.39 is 11.6 Å². The van der Waals surface area contributed by atoms with E-state index in [0.717, 1.165) is 38.2 Å². The highest BCUT2D eigenvalue weighted by molar-refractivity contribution is 5.82. The summed E-state index contributed by atoms with van der Waals surface area (Å²) in [6, 6.07) is 4.42. The Balaban J connectivity index is 1.26. The number of carbonyl (C=O) groups is 1. The van der Waals surface area contributed by atoms with Gasteiger partial charge in [-0.1, -0.05) is 6.07 Å². The molecule has 1 aromatic carbocycles. The van der Waals surface area contributed by atoms with Crippen LogP contribution in [0.15, 0.2) is 18.2 Å². The number of nitrogens with one attached hydrogen (secondary N) is 1. The maximum absolute atomic E-state index is 13.8. The Hall–Kier alpha value is -1.49. The van der Waals surface area contributed by atoms with Crippen molar-refractivity contribution >= 4 is 5.91 Å². The zero-order valence-corrected chi connectivity index (χ0v) is 13.1. The van der Waals surface area contributed by atoms with Crippen LogP contribution in [0.25, 0.3) is 0 Å². The summed E-state index contributed by atoms with van der Waals surface area (Å²) in [6.07, 6.45) is 4.46. The van der Waals surface area contributed by atoms with E-state index in [9.17, 15) is 13.6 Å². The van der Waals surface area contributed by atoms with Crippen molar-refractivity contribution < 1.29 is 13.6 Å². The summed E-state index contributed by atoms with van der Waals surface area (Å²) < 4.78 is 26.7. The molecule has 124 valence electrons. The molecule has 1 aromatic rings. The van der Waals surface area contributed by atoms with Crippen molar-refractivity contribution in [2.24, 2.45) is 11.8 Å². The molecule has 0 aromatic heterocycles. The van der Waals surface area contributed by atoms with Gasteiger partial charge < -0.3 is 10.2 Å². The van der Waals surface area contributed by atoms with Crippen LogP contribution < -0.4 is 5.32 Å². The highest BCUT2D eigenvalue weighted by atomic mass is 19.1. The lowest BCUT2D eigenvalue weighted by Crippen LogP contribution is -2.32. The highest BCUT2D eigenvalue weighted by Gasteiger charge is 2.45. The van der Waals surface area contributed by atoms with Crippen LogP contribution in [-0.2, 0) is 4.79 Å². The number of amides is 1. The van der Waals surface area contributed by atoms with Crippen molar-refractivity contribution in [3.8, 4) is 0 Å². The van der Waals surface area contributed by atoms with E-state index in [-0.39, 0.29) is 17.7 Å². The van der Waals surface area contributed by atoms with E-state index in [1.807, 2.05) is 0 Å². The van der Waals surface area contributed by atoms with E-state index in [0.29, 0.717) is 17.9 Å². The minimum atomic E-state index is -0.575. The molecule has 0 spiro atoms.